The molecule has 20 heavy (non-hydrogen) atoms. The third-order valence-electron chi connectivity index (χ3n) is 4.31. The van der Waals surface area contributed by atoms with Crippen LogP contribution in [0, 0.1) is 12.3 Å². The van der Waals surface area contributed by atoms with Gasteiger partial charge < -0.3 is 10.4 Å². The third-order valence-corrected chi connectivity index (χ3v) is 5.36. The van der Waals surface area contributed by atoms with Crippen LogP contribution in [-0.4, -0.2) is 24.2 Å². The minimum Gasteiger partial charge on any atom is -0.396 e. The van der Waals surface area contributed by atoms with Gasteiger partial charge in [-0.15, -0.1) is 0 Å². The topological polar surface area (TPSA) is 49.3 Å². The van der Waals surface area contributed by atoms with Crippen LogP contribution >= 0.6 is 15.9 Å². The molecule has 1 aliphatic carbocycles. The molecule has 1 aromatic rings. The van der Waals surface area contributed by atoms with Gasteiger partial charge in [-0.1, -0.05) is 31.4 Å². The van der Waals surface area contributed by atoms with Gasteiger partial charge in [0.2, 0.25) is 0 Å². The first kappa shape index (κ1) is 15.5. The van der Waals surface area contributed by atoms with E-state index in [1.165, 1.54) is 6.42 Å². The van der Waals surface area contributed by atoms with Crippen molar-refractivity contribution in [2.24, 2.45) is 5.41 Å². The molecule has 0 heterocycles. The molecular weight excluding hydrogens is 318 g/mol. The second kappa shape index (κ2) is 6.72. The van der Waals surface area contributed by atoms with E-state index in [1.807, 2.05) is 25.1 Å². The molecule has 0 aliphatic heterocycles. The summed E-state index contributed by atoms with van der Waals surface area (Å²) in [5, 5.41) is 12.7. The first-order valence-electron chi connectivity index (χ1n) is 7.22. The molecule has 4 heteroatoms. The molecule has 1 saturated carbocycles. The van der Waals surface area contributed by atoms with E-state index in [-0.39, 0.29) is 17.9 Å². The Hall–Kier alpha value is -0.870. The smallest absolute Gasteiger partial charge is 0.252 e. The molecule has 0 atom stereocenters. The maximum absolute atomic E-state index is 12.3. The van der Waals surface area contributed by atoms with Gasteiger partial charge in [-0.05, 0) is 47.3 Å². The van der Waals surface area contributed by atoms with Crippen molar-refractivity contribution in [2.45, 2.75) is 39.0 Å². The molecule has 0 bridgehead atoms. The van der Waals surface area contributed by atoms with Crippen LogP contribution in [0.3, 0.4) is 0 Å². The summed E-state index contributed by atoms with van der Waals surface area (Å²) in [5.74, 6) is -0.0704. The normalized spacial score (nSPS) is 17.8. The van der Waals surface area contributed by atoms with Gasteiger partial charge >= 0.3 is 0 Å². The Morgan fingerprint density at radius 3 is 2.70 bits per heavy atom. The standard InChI is InChI=1S/C16H22BrNO2/c1-12-6-5-7-13(14(12)17)15(20)18-10-16(11-19)8-3-2-4-9-16/h5-7,19H,2-4,8-11H2,1H3,(H,18,20). The molecule has 0 radical (unpaired) electrons. The van der Waals surface area contributed by atoms with Crippen molar-refractivity contribution in [2.75, 3.05) is 13.2 Å². The molecule has 0 spiro atoms. The lowest BCUT2D eigenvalue weighted by atomic mass is 9.74. The Balaban J connectivity index is 2.02. The molecule has 1 fully saturated rings. The number of halogens is 1. The van der Waals surface area contributed by atoms with Crippen molar-refractivity contribution in [3.8, 4) is 0 Å². The van der Waals surface area contributed by atoms with Crippen LogP contribution in [0.15, 0.2) is 22.7 Å². The van der Waals surface area contributed by atoms with Gasteiger partial charge in [0.05, 0.1) is 12.2 Å². The number of hydrogen-bond donors (Lipinski definition) is 2. The Kier molecular flexibility index (Phi) is 5.22. The summed E-state index contributed by atoms with van der Waals surface area (Å²) in [5.41, 5.74) is 1.59. The van der Waals surface area contributed by atoms with Crippen molar-refractivity contribution in [1.29, 1.82) is 0 Å². The number of benzene rings is 1. The predicted octanol–water partition coefficient (Wildman–Crippen LogP) is 3.43. The summed E-state index contributed by atoms with van der Waals surface area (Å²) in [4.78, 5) is 12.3. The number of aliphatic hydroxyl groups is 1. The second-order valence-corrected chi connectivity index (χ2v) is 6.63. The highest BCUT2D eigenvalue weighted by Crippen LogP contribution is 2.35. The molecule has 3 nitrogen and oxygen atoms in total. The van der Waals surface area contributed by atoms with Gasteiger partial charge in [0, 0.05) is 16.4 Å². The summed E-state index contributed by atoms with van der Waals surface area (Å²) in [6.07, 6.45) is 5.52. The maximum atomic E-state index is 12.3. The van der Waals surface area contributed by atoms with Crippen molar-refractivity contribution in [1.82, 2.24) is 5.32 Å². The first-order valence-corrected chi connectivity index (χ1v) is 8.01. The highest BCUT2D eigenvalue weighted by atomic mass is 79.9. The summed E-state index contributed by atoms with van der Waals surface area (Å²) in [6.45, 7) is 2.68. The van der Waals surface area contributed by atoms with Gasteiger partial charge in [0.25, 0.3) is 5.91 Å². The van der Waals surface area contributed by atoms with E-state index in [4.69, 9.17) is 0 Å². The second-order valence-electron chi connectivity index (χ2n) is 5.84. The summed E-state index contributed by atoms with van der Waals surface area (Å²) in [7, 11) is 0. The lowest BCUT2D eigenvalue weighted by molar-refractivity contribution is 0.0717. The van der Waals surface area contributed by atoms with Crippen LogP contribution in [0.1, 0.15) is 48.0 Å². The Morgan fingerprint density at radius 1 is 1.35 bits per heavy atom. The third kappa shape index (κ3) is 3.41. The van der Waals surface area contributed by atoms with Gasteiger partial charge in [-0.2, -0.15) is 0 Å². The molecule has 1 aromatic carbocycles. The molecule has 0 saturated heterocycles. The van der Waals surface area contributed by atoms with Crippen molar-refractivity contribution in [3.63, 3.8) is 0 Å². The van der Waals surface area contributed by atoms with Gasteiger partial charge in [-0.25, -0.2) is 0 Å². The van der Waals surface area contributed by atoms with Gasteiger partial charge in [-0.3, -0.25) is 4.79 Å². The van der Waals surface area contributed by atoms with Crippen LogP contribution in [0.5, 0.6) is 0 Å². The maximum Gasteiger partial charge on any atom is 0.252 e. The summed E-state index contributed by atoms with van der Waals surface area (Å²) >= 11 is 3.47. The lowest BCUT2D eigenvalue weighted by Crippen LogP contribution is -2.41. The molecule has 2 N–H and O–H groups in total. The summed E-state index contributed by atoms with van der Waals surface area (Å²) < 4.78 is 0.846. The minimum atomic E-state index is -0.121. The van der Waals surface area contributed by atoms with E-state index >= 15 is 0 Å². The Bertz CT molecular complexity index is 481. The number of nitrogens with one attached hydrogen (secondary N) is 1. The Labute approximate surface area is 128 Å². The van der Waals surface area contributed by atoms with Crippen LogP contribution < -0.4 is 5.32 Å². The zero-order valence-corrected chi connectivity index (χ0v) is 13.5. The number of rotatable bonds is 4. The van der Waals surface area contributed by atoms with E-state index in [1.54, 1.807) is 0 Å². The first-order chi connectivity index (χ1) is 9.58. The zero-order chi connectivity index (χ0) is 14.6. The SMILES string of the molecule is Cc1cccc(C(=O)NCC2(CO)CCCCC2)c1Br. The highest BCUT2D eigenvalue weighted by Gasteiger charge is 2.31. The highest BCUT2D eigenvalue weighted by molar-refractivity contribution is 9.10. The zero-order valence-electron chi connectivity index (χ0n) is 11.9. The van der Waals surface area contributed by atoms with E-state index < -0.39 is 0 Å². The lowest BCUT2D eigenvalue weighted by Gasteiger charge is -2.35. The molecular formula is C16H22BrNO2. The average Bonchev–Trinajstić information content (AvgIpc) is 2.48. The van der Waals surface area contributed by atoms with Crippen molar-refractivity contribution >= 4 is 21.8 Å². The number of carbonyl (C=O) groups is 1. The number of amides is 1. The van der Waals surface area contributed by atoms with E-state index in [9.17, 15) is 9.90 Å². The summed E-state index contributed by atoms with van der Waals surface area (Å²) in [6, 6.07) is 5.67. The number of carbonyl (C=O) groups excluding carboxylic acids is 1. The van der Waals surface area contributed by atoms with E-state index in [2.05, 4.69) is 21.2 Å². The fourth-order valence-electron chi connectivity index (χ4n) is 2.88. The van der Waals surface area contributed by atoms with E-state index in [0.29, 0.717) is 12.1 Å². The van der Waals surface area contributed by atoms with Crippen LogP contribution in [0.25, 0.3) is 0 Å². The van der Waals surface area contributed by atoms with Gasteiger partial charge in [0.15, 0.2) is 0 Å². The average molecular weight is 340 g/mol. The quantitative estimate of drug-likeness (QED) is 0.882. The van der Waals surface area contributed by atoms with Crippen LogP contribution in [-0.2, 0) is 0 Å². The number of aliphatic hydroxyl groups excluding tert-OH is 1. The van der Waals surface area contributed by atoms with Gasteiger partial charge in [0.1, 0.15) is 0 Å². The van der Waals surface area contributed by atoms with E-state index in [0.717, 1.165) is 35.7 Å². The fourth-order valence-corrected chi connectivity index (χ4v) is 3.32. The molecule has 0 aromatic heterocycles. The molecule has 0 unspecified atom stereocenters. The number of hydrogen-bond acceptors (Lipinski definition) is 2. The molecule has 1 aliphatic rings. The fraction of sp³-hybridized carbons (Fsp3) is 0.562. The van der Waals surface area contributed by atoms with Crippen LogP contribution in [0.4, 0.5) is 0 Å². The van der Waals surface area contributed by atoms with Crippen LogP contribution in [0.2, 0.25) is 0 Å². The van der Waals surface area contributed by atoms with Crippen molar-refractivity contribution in [3.05, 3.63) is 33.8 Å². The van der Waals surface area contributed by atoms with Crippen molar-refractivity contribution < 1.29 is 9.90 Å². The molecule has 1 amide bonds. The predicted molar refractivity (Wildman–Crippen MR) is 83.8 cm³/mol. The molecule has 110 valence electrons. The minimum absolute atomic E-state index is 0.0704. The largest absolute Gasteiger partial charge is 0.396 e. The number of aryl methyl sites for hydroxylation is 1. The molecule has 2 rings (SSSR count). The monoisotopic (exact) mass is 339 g/mol. The Morgan fingerprint density at radius 2 is 2.05 bits per heavy atom.